The molecule has 0 aromatic carbocycles. The van der Waals surface area contributed by atoms with Gasteiger partial charge in [-0.05, 0) is 0 Å². The van der Waals surface area contributed by atoms with Gasteiger partial charge < -0.3 is 21.9 Å². The van der Waals surface area contributed by atoms with Gasteiger partial charge in [0.1, 0.15) is 0 Å². The molecule has 0 heterocycles. The summed E-state index contributed by atoms with van der Waals surface area (Å²) in [5.41, 5.74) is 0. The van der Waals surface area contributed by atoms with Crippen LogP contribution in [0.15, 0.2) is 0 Å². The first kappa shape index (κ1) is 1810. The van der Waals surface area contributed by atoms with Crippen LogP contribution in [0.5, 0.6) is 0 Å². The minimum absolute atomic E-state index is 0. The number of hydrogen-bond donors (Lipinski definition) is 0. The van der Waals surface area contributed by atoms with E-state index < -0.39 is 0 Å². The maximum absolute atomic E-state index is 0. The van der Waals surface area contributed by atoms with Crippen LogP contribution < -0.4 is 0 Å². The summed E-state index contributed by atoms with van der Waals surface area (Å²) in [6.07, 6.45) is 0. The summed E-state index contributed by atoms with van der Waals surface area (Å²) in [5.74, 6) is 0. The van der Waals surface area contributed by atoms with E-state index in [1.807, 2.05) is 0 Å². The minimum Gasteiger partial charge on any atom is -0.870 e. The van der Waals surface area contributed by atoms with Gasteiger partial charge in [0.2, 0.25) is 0 Å². The van der Waals surface area contributed by atoms with Crippen LogP contribution in [0, 0.1) is 0 Å². The van der Waals surface area contributed by atoms with Gasteiger partial charge in [0.25, 0.3) is 0 Å². The van der Waals surface area contributed by atoms with Gasteiger partial charge in [0, 0.05) is 0 Å². The predicted octanol–water partition coefficient (Wildman–Crippen LogP) is -2.23. The fraction of sp³-hybridized carbons (Fsp3) is 0. The Labute approximate surface area is 63.1 Å². The zero-order chi connectivity index (χ0) is 0. The van der Waals surface area contributed by atoms with Crippen molar-refractivity contribution in [2.45, 2.75) is 0 Å². The normalized spacial score (nSPS) is 0. The molecule has 0 atom stereocenters. The van der Waals surface area contributed by atoms with E-state index in [1.54, 1.807) is 0 Å². The molecule has 0 saturated carbocycles. The average molecular weight is 104 g/mol. The smallest absolute Gasteiger partial charge is 0.870 e. The topological polar surface area (TPSA) is 120 Å². The van der Waals surface area contributed by atoms with Crippen LogP contribution in [0.3, 0.4) is 0 Å². The van der Waals surface area contributed by atoms with Crippen molar-refractivity contribution < 1.29 is 21.9 Å². The molecule has 0 amide bonds. The van der Waals surface area contributed by atoms with Gasteiger partial charge in [-0.1, -0.05) is 0 Å². The molecule has 8 heteroatoms. The first-order valence-corrected chi connectivity index (χ1v) is 0. The van der Waals surface area contributed by atoms with Crippen molar-refractivity contribution in [2.75, 3.05) is 0 Å². The Morgan fingerprint density at radius 2 is 0.250 bits per heavy atom. The first-order chi connectivity index (χ1) is 0. The van der Waals surface area contributed by atoms with Gasteiger partial charge >= 0.3 is 40.5 Å². The Hall–Kier alpha value is 0.515. The van der Waals surface area contributed by atoms with E-state index in [0.717, 1.165) is 0 Å². The van der Waals surface area contributed by atoms with Crippen molar-refractivity contribution in [1.82, 2.24) is 0 Å². The van der Waals surface area contributed by atoms with Crippen molar-refractivity contribution in [2.24, 2.45) is 0 Å². The Balaban J connectivity index is 0. The molecule has 0 aromatic rings. The van der Waals surface area contributed by atoms with Gasteiger partial charge in [-0.15, -0.1) is 0 Å². The Bertz CT molecular complexity index is 8.00. The molecule has 0 aromatic heterocycles. The van der Waals surface area contributed by atoms with Gasteiger partial charge in [0.05, 0.1) is 0 Å². The van der Waals surface area contributed by atoms with E-state index in [0.29, 0.717) is 0 Å². The van der Waals surface area contributed by atoms with Crippen LogP contribution in [0.2, 0.25) is 0 Å². The Morgan fingerprint density at radius 1 is 0.250 bits per heavy atom. The maximum Gasteiger partial charge on any atom is 2.00 e. The van der Waals surface area contributed by atoms with Gasteiger partial charge in [-0.25, -0.2) is 0 Å². The molecule has 0 saturated heterocycles. The third-order valence-electron chi connectivity index (χ3n) is 0. The molecule has 4 N–H and O–H groups in total. The fourth-order valence-corrected chi connectivity index (χ4v) is 0. The van der Waals surface area contributed by atoms with E-state index in [-0.39, 0.29) is 62.4 Å². The van der Waals surface area contributed by atoms with E-state index in [2.05, 4.69) is 0 Å². The number of hydrogen-bond acceptors (Lipinski definition) is 4. The van der Waals surface area contributed by atoms with E-state index >= 15 is 0 Å². The average Bonchev–Trinajstić information content (AvgIpc) is 0. The number of rotatable bonds is 0. The Kier molecular flexibility index (Phi) is 272000. The summed E-state index contributed by atoms with van der Waals surface area (Å²) in [7, 11) is 0. The monoisotopic (exact) mass is 104 g/mol. The van der Waals surface area contributed by atoms with Crippen LogP contribution in [0.1, 0.15) is 0 Å². The maximum atomic E-state index is 0. The summed E-state index contributed by atoms with van der Waals surface area (Å²) < 4.78 is 0. The first-order valence-electron chi connectivity index (χ1n) is 0. The molecule has 8 heavy (non-hydrogen) atoms. The third kappa shape index (κ3) is 746. The molecule has 32 valence electrons. The van der Waals surface area contributed by atoms with Crippen LogP contribution >= 0.6 is 0 Å². The summed E-state index contributed by atoms with van der Waals surface area (Å²) in [5, 5.41) is 0. The third-order valence-corrected chi connectivity index (χ3v) is 0. The standard InChI is InChI=1S/4Be.4H2O/h;;;;4*1H2/q4*+2;;;;/p-4. The fourth-order valence-electron chi connectivity index (χ4n) is 0. The molecule has 0 fully saturated rings. The van der Waals surface area contributed by atoms with Crippen molar-refractivity contribution in [1.29, 1.82) is 0 Å². The van der Waals surface area contributed by atoms with Gasteiger partial charge in [0.15, 0.2) is 0 Å². The van der Waals surface area contributed by atoms with E-state index in [4.69, 9.17) is 0 Å². The largest absolute Gasteiger partial charge is 2.00 e. The van der Waals surface area contributed by atoms with Crippen LogP contribution in [0.25, 0.3) is 0 Å². The summed E-state index contributed by atoms with van der Waals surface area (Å²) >= 11 is 0. The molecule has 0 aliphatic carbocycles. The second-order valence-electron chi connectivity index (χ2n) is 0. The SMILES string of the molecule is [Be+2].[Be+2].[Be+2].[Be+2].[OH-].[OH-].[OH-].[OH-]. The molecule has 0 aliphatic rings. The molecular weight excluding hydrogens is 100 g/mol. The van der Waals surface area contributed by atoms with Crippen molar-refractivity contribution in [3.8, 4) is 0 Å². The van der Waals surface area contributed by atoms with Gasteiger partial charge in [-0.2, -0.15) is 0 Å². The zero-order valence-electron chi connectivity index (χ0n) is 4.62. The molecule has 0 unspecified atom stereocenters. The molecule has 0 aliphatic heterocycles. The molecule has 0 bridgehead atoms. The van der Waals surface area contributed by atoms with Gasteiger partial charge in [-0.3, -0.25) is 0 Å². The Morgan fingerprint density at radius 3 is 0.250 bits per heavy atom. The molecule has 0 radical (unpaired) electrons. The molecular formula is H4Be4O4+4. The van der Waals surface area contributed by atoms with Crippen LogP contribution in [-0.4, -0.2) is 62.4 Å². The van der Waals surface area contributed by atoms with Crippen molar-refractivity contribution in [3.05, 3.63) is 0 Å². The molecule has 4 nitrogen and oxygen atoms in total. The van der Waals surface area contributed by atoms with E-state index in [1.165, 1.54) is 0 Å². The second kappa shape index (κ2) is 1200. The zero-order valence-corrected chi connectivity index (χ0v) is 4.62. The van der Waals surface area contributed by atoms with Crippen LogP contribution in [0.4, 0.5) is 0 Å². The van der Waals surface area contributed by atoms with Crippen LogP contribution in [-0.2, 0) is 0 Å². The minimum atomic E-state index is 0. The van der Waals surface area contributed by atoms with Crippen molar-refractivity contribution in [3.63, 3.8) is 0 Å². The second-order valence-corrected chi connectivity index (χ2v) is 0. The van der Waals surface area contributed by atoms with Crippen molar-refractivity contribution >= 4 is 40.5 Å². The predicted molar refractivity (Wildman–Crippen MR) is 30.8 cm³/mol. The summed E-state index contributed by atoms with van der Waals surface area (Å²) in [6.45, 7) is 0. The summed E-state index contributed by atoms with van der Waals surface area (Å²) in [6, 6.07) is 0. The molecule has 0 rings (SSSR count). The van der Waals surface area contributed by atoms with E-state index in [9.17, 15) is 0 Å². The summed E-state index contributed by atoms with van der Waals surface area (Å²) in [4.78, 5) is 0. The molecule has 0 spiro atoms. The quantitative estimate of drug-likeness (QED) is 0.323.